The lowest BCUT2D eigenvalue weighted by molar-refractivity contribution is 0.508. The van der Waals surface area contributed by atoms with E-state index in [2.05, 4.69) is 12.2 Å². The highest BCUT2D eigenvalue weighted by Crippen LogP contribution is 1.60. The maximum atomic E-state index is 2.95. The van der Waals surface area contributed by atoms with Gasteiger partial charge in [0, 0.05) is 0 Å². The zero-order valence-electron chi connectivity index (χ0n) is 4.65. The summed E-state index contributed by atoms with van der Waals surface area (Å²) in [6, 6.07) is 0. The van der Waals surface area contributed by atoms with Gasteiger partial charge in [0.25, 0.3) is 0 Å². The van der Waals surface area contributed by atoms with Gasteiger partial charge < -0.3 is 10.3 Å². The van der Waals surface area contributed by atoms with Gasteiger partial charge in [-0.1, -0.05) is 6.82 Å². The molecule has 0 radical (unpaired) electrons. The molecule has 0 amide bonds. The molecule has 0 aromatic heterocycles. The minimum Gasteiger partial charge on any atom is -0.314 e. The van der Waals surface area contributed by atoms with Crippen LogP contribution in [0.3, 0.4) is 0 Å². The van der Waals surface area contributed by atoms with Crippen LogP contribution in [0.5, 0.6) is 0 Å². The van der Waals surface area contributed by atoms with Crippen molar-refractivity contribution in [2.75, 3.05) is 7.05 Å². The molecule has 1 N–H and O–H groups in total. The molecule has 0 rings (SSSR count). The van der Waals surface area contributed by atoms with Gasteiger partial charge in [-0.05, 0) is 7.05 Å². The Balaban J connectivity index is 2.75. The largest absolute Gasteiger partial charge is 0.314 e. The summed E-state index contributed by atoms with van der Waals surface area (Å²) in [4.78, 5) is 2.00. The first-order valence-electron chi connectivity index (χ1n) is 2.19. The van der Waals surface area contributed by atoms with E-state index in [0.29, 0.717) is 0 Å². The summed E-state index contributed by atoms with van der Waals surface area (Å²) < 4.78 is 0. The molecule has 0 aliphatic carbocycles. The molecule has 6 heavy (non-hydrogen) atoms. The molecule has 0 aromatic carbocycles. The quantitative estimate of drug-likeness (QED) is 0.319. The molecule has 0 unspecified atom stereocenters. The fourth-order valence-electron chi connectivity index (χ4n) is 0.158. The van der Waals surface area contributed by atoms with E-state index in [1.807, 2.05) is 19.9 Å². The van der Waals surface area contributed by atoms with Crippen molar-refractivity contribution >= 4 is 15.4 Å². The fraction of sp³-hybridized carbons (Fsp3) is 1.00. The average molecular weight is 83.7 g/mol. The van der Waals surface area contributed by atoms with Crippen molar-refractivity contribution in [2.24, 2.45) is 0 Å². The van der Waals surface area contributed by atoms with E-state index in [0.717, 1.165) is 7.41 Å². The normalized spacial score (nSPS) is 9.17. The van der Waals surface area contributed by atoms with Crippen molar-refractivity contribution in [2.45, 2.75) is 6.82 Å². The summed E-state index contributed by atoms with van der Waals surface area (Å²) >= 11 is 0. The fourth-order valence-corrected chi connectivity index (χ4v) is 0.158. The van der Waals surface area contributed by atoms with Gasteiger partial charge in [-0.3, -0.25) is 0 Å². The number of nitrogens with one attached hydrogen (secondary N) is 1. The predicted octanol–water partition coefficient (Wildman–Crippen LogP) is -1.63. The summed E-state index contributed by atoms with van der Waals surface area (Å²) in [5.74, 6) is 0. The molecule has 34 valence electrons. The second-order valence-corrected chi connectivity index (χ2v) is 1.24. The van der Waals surface area contributed by atoms with Crippen LogP contribution in [0.2, 0.25) is 6.82 Å². The summed E-state index contributed by atoms with van der Waals surface area (Å²) in [7, 11) is 4.96. The molecule has 0 bridgehead atoms. The van der Waals surface area contributed by atoms with Crippen molar-refractivity contribution < 1.29 is 0 Å². The topological polar surface area (TPSA) is 15.3 Å². The highest BCUT2D eigenvalue weighted by Gasteiger charge is 1.83. The van der Waals surface area contributed by atoms with Crippen molar-refractivity contribution in [1.82, 2.24) is 10.3 Å². The third-order valence-electron chi connectivity index (χ3n) is 0.856. The number of rotatable bonds is 2. The van der Waals surface area contributed by atoms with E-state index in [4.69, 9.17) is 0 Å². The van der Waals surface area contributed by atoms with E-state index in [-0.39, 0.29) is 0 Å². The van der Waals surface area contributed by atoms with Crippen LogP contribution in [0.4, 0.5) is 0 Å². The maximum absolute atomic E-state index is 2.95. The lowest BCUT2D eigenvalue weighted by atomic mass is 10.00. The predicted molar refractivity (Wildman–Crippen MR) is 32.5 cm³/mol. The van der Waals surface area contributed by atoms with E-state index in [9.17, 15) is 0 Å². The second-order valence-electron chi connectivity index (χ2n) is 1.24. The Labute approximate surface area is 40.6 Å². The highest BCUT2D eigenvalue weighted by molar-refractivity contribution is 6.30. The van der Waals surface area contributed by atoms with Crippen LogP contribution in [0.1, 0.15) is 0 Å². The number of nitrogens with zero attached hydrogens (tertiary/aromatic N) is 1. The molecule has 0 saturated heterocycles. The molecule has 0 aliphatic heterocycles. The number of hydrogen-bond donors (Lipinski definition) is 1. The lowest BCUT2D eigenvalue weighted by Gasteiger charge is -2.09. The van der Waals surface area contributed by atoms with Gasteiger partial charge in [-0.15, -0.1) is 0 Å². The first kappa shape index (κ1) is 6.05. The van der Waals surface area contributed by atoms with Crippen molar-refractivity contribution in [3.05, 3.63) is 0 Å². The number of hydrogen-bond acceptors (Lipinski definition) is 2. The molecule has 0 aromatic rings. The summed E-state index contributed by atoms with van der Waals surface area (Å²) in [5, 5.41) is 2.95. The van der Waals surface area contributed by atoms with E-state index in [1.165, 1.54) is 0 Å². The molecule has 0 heterocycles. The van der Waals surface area contributed by atoms with E-state index < -0.39 is 0 Å². The first-order valence-corrected chi connectivity index (χ1v) is 2.19. The zero-order chi connectivity index (χ0) is 4.99. The number of hydrazine groups is 1. The minimum absolute atomic E-state index is 1.05. The van der Waals surface area contributed by atoms with Crippen LogP contribution in [-0.4, -0.2) is 27.4 Å². The molecule has 4 heteroatoms. The molecule has 0 saturated carbocycles. The van der Waals surface area contributed by atoms with Gasteiger partial charge in [-0.2, -0.15) is 0 Å². The first-order chi connectivity index (χ1) is 2.81. The van der Waals surface area contributed by atoms with Gasteiger partial charge in [0.15, 0.2) is 7.98 Å². The van der Waals surface area contributed by atoms with Crippen LogP contribution < -0.4 is 5.34 Å². The van der Waals surface area contributed by atoms with Crippen molar-refractivity contribution in [1.29, 1.82) is 0 Å². The Morgan fingerprint density at radius 2 is 2.33 bits per heavy atom. The zero-order valence-corrected chi connectivity index (χ0v) is 4.65. The van der Waals surface area contributed by atoms with Gasteiger partial charge >= 0.3 is 0 Å². The molecule has 0 aliphatic rings. The van der Waals surface area contributed by atoms with Gasteiger partial charge in [-0.25, -0.2) is 0 Å². The average Bonchev–Trinajstić information content (AvgIpc) is 1.65. The smallest absolute Gasteiger partial charge is 0.218 e. The van der Waals surface area contributed by atoms with Gasteiger partial charge in [0.05, 0.1) is 0 Å². The SMILES string of the molecule is BNN(C)BC. The molecular weight excluding hydrogens is 73.7 g/mol. The van der Waals surface area contributed by atoms with E-state index >= 15 is 0 Å². The van der Waals surface area contributed by atoms with Gasteiger partial charge in [0.1, 0.15) is 0 Å². The molecular formula is C2H10B2N2. The Morgan fingerprint density at radius 1 is 1.83 bits per heavy atom. The lowest BCUT2D eigenvalue weighted by Crippen LogP contribution is -2.33. The van der Waals surface area contributed by atoms with Crippen LogP contribution in [0.15, 0.2) is 0 Å². The minimum atomic E-state index is 1.05. The summed E-state index contributed by atoms with van der Waals surface area (Å²) in [6.07, 6.45) is 0. The van der Waals surface area contributed by atoms with E-state index in [1.54, 1.807) is 0 Å². The molecule has 0 atom stereocenters. The van der Waals surface area contributed by atoms with Crippen LogP contribution in [-0.2, 0) is 0 Å². The summed E-state index contributed by atoms with van der Waals surface area (Å²) in [6.45, 7) is 2.09. The Kier molecular flexibility index (Phi) is 3.27. The monoisotopic (exact) mass is 84.1 g/mol. The second kappa shape index (κ2) is 3.25. The Hall–Kier alpha value is 0.0499. The van der Waals surface area contributed by atoms with Crippen molar-refractivity contribution in [3.8, 4) is 0 Å². The maximum Gasteiger partial charge on any atom is 0.218 e. The Bertz CT molecular complexity index is 28.7. The molecule has 0 fully saturated rings. The highest BCUT2D eigenvalue weighted by atomic mass is 15.4. The van der Waals surface area contributed by atoms with Crippen LogP contribution in [0.25, 0.3) is 0 Å². The third-order valence-corrected chi connectivity index (χ3v) is 0.856. The van der Waals surface area contributed by atoms with Crippen molar-refractivity contribution in [3.63, 3.8) is 0 Å². The van der Waals surface area contributed by atoms with Gasteiger partial charge in [0.2, 0.25) is 7.41 Å². The summed E-state index contributed by atoms with van der Waals surface area (Å²) in [5.41, 5.74) is 0. The Morgan fingerprint density at radius 3 is 2.33 bits per heavy atom. The standard InChI is InChI=1S/C2H10B2N2/c1-4-6(2)5-3/h4-5H,3H2,1-2H3. The van der Waals surface area contributed by atoms with Crippen LogP contribution in [0, 0.1) is 0 Å². The third kappa shape index (κ3) is 2.30. The molecule has 0 spiro atoms. The van der Waals surface area contributed by atoms with Crippen LogP contribution >= 0.6 is 0 Å². The molecule has 2 nitrogen and oxygen atoms in total.